The molecule has 0 bridgehead atoms. The Labute approximate surface area is 188 Å². The highest BCUT2D eigenvalue weighted by Gasteiger charge is 2.26. The van der Waals surface area contributed by atoms with Crippen LogP contribution in [-0.2, 0) is 4.79 Å². The lowest BCUT2D eigenvalue weighted by Gasteiger charge is -2.29. The van der Waals surface area contributed by atoms with Crippen molar-refractivity contribution in [3.05, 3.63) is 70.6 Å². The lowest BCUT2D eigenvalue weighted by Crippen LogP contribution is -2.39. The van der Waals surface area contributed by atoms with Crippen LogP contribution in [0, 0.1) is 6.92 Å². The molecule has 0 unspecified atom stereocenters. The van der Waals surface area contributed by atoms with Crippen LogP contribution in [0.2, 0.25) is 0 Å². The number of fused-ring (bicyclic) bond motifs is 1. The van der Waals surface area contributed by atoms with E-state index in [4.69, 9.17) is 13.9 Å². The minimum atomic E-state index is -0.383. The number of hydrogen-bond donors (Lipinski definition) is 1. The highest BCUT2D eigenvalue weighted by molar-refractivity contribution is 9.10. The number of hydrogen-bond acceptors (Lipinski definition) is 5. The van der Waals surface area contributed by atoms with Crippen LogP contribution in [-0.4, -0.2) is 31.6 Å². The zero-order valence-electron chi connectivity index (χ0n) is 16.9. The molecule has 2 amide bonds. The molecule has 1 aliphatic heterocycles. The van der Waals surface area contributed by atoms with Crippen LogP contribution in [0.3, 0.4) is 0 Å². The zero-order chi connectivity index (χ0) is 21.8. The molecule has 0 fully saturated rings. The molecule has 7 nitrogen and oxygen atoms in total. The predicted molar refractivity (Wildman–Crippen MR) is 120 cm³/mol. The number of amides is 2. The van der Waals surface area contributed by atoms with E-state index in [0.717, 1.165) is 5.75 Å². The highest BCUT2D eigenvalue weighted by Crippen LogP contribution is 2.35. The molecule has 1 aliphatic rings. The number of rotatable bonds is 7. The van der Waals surface area contributed by atoms with Crippen molar-refractivity contribution in [2.45, 2.75) is 13.3 Å². The molecule has 1 aromatic heterocycles. The predicted octanol–water partition coefficient (Wildman–Crippen LogP) is 4.80. The lowest BCUT2D eigenvalue weighted by molar-refractivity contribution is -0.121. The largest absolute Gasteiger partial charge is 0.494 e. The topological polar surface area (TPSA) is 81.0 Å². The average molecular weight is 485 g/mol. The first-order chi connectivity index (χ1) is 15.0. The maximum absolute atomic E-state index is 12.5. The van der Waals surface area contributed by atoms with Crippen molar-refractivity contribution < 1.29 is 23.5 Å². The van der Waals surface area contributed by atoms with Crippen molar-refractivity contribution in [3.8, 4) is 11.5 Å². The molecule has 0 spiro atoms. The molecule has 0 atom stereocenters. The van der Waals surface area contributed by atoms with Gasteiger partial charge in [-0.25, -0.2) is 0 Å². The molecule has 160 valence electrons. The first-order valence-corrected chi connectivity index (χ1v) is 10.6. The Balaban J connectivity index is 1.41. The SMILES string of the molecule is Cc1ccc(OCCCN2C(=O)COc3ccc(NC(=O)c4ccc(Br)o4)cc32)cc1. The van der Waals surface area contributed by atoms with Crippen LogP contribution >= 0.6 is 15.9 Å². The summed E-state index contributed by atoms with van der Waals surface area (Å²) in [6, 6.07) is 16.3. The molecule has 0 radical (unpaired) electrons. The Bertz CT molecular complexity index is 1090. The number of nitrogens with one attached hydrogen (secondary N) is 1. The summed E-state index contributed by atoms with van der Waals surface area (Å²) < 4.78 is 17.1. The summed E-state index contributed by atoms with van der Waals surface area (Å²) >= 11 is 3.18. The number of nitrogens with zero attached hydrogens (tertiary/aromatic N) is 1. The summed E-state index contributed by atoms with van der Waals surface area (Å²) in [5, 5.41) is 2.78. The molecule has 8 heteroatoms. The second-order valence-corrected chi connectivity index (χ2v) is 7.87. The maximum Gasteiger partial charge on any atom is 0.291 e. The third-order valence-corrected chi connectivity index (χ3v) is 5.20. The minimum Gasteiger partial charge on any atom is -0.494 e. The summed E-state index contributed by atoms with van der Waals surface area (Å²) in [6.45, 7) is 2.96. The van der Waals surface area contributed by atoms with Gasteiger partial charge in [-0.1, -0.05) is 17.7 Å². The van der Waals surface area contributed by atoms with Gasteiger partial charge in [0, 0.05) is 12.2 Å². The van der Waals surface area contributed by atoms with Crippen molar-refractivity contribution in [1.82, 2.24) is 0 Å². The average Bonchev–Trinajstić information content (AvgIpc) is 3.20. The van der Waals surface area contributed by atoms with Crippen molar-refractivity contribution in [2.24, 2.45) is 0 Å². The van der Waals surface area contributed by atoms with Crippen molar-refractivity contribution in [3.63, 3.8) is 0 Å². The van der Waals surface area contributed by atoms with Gasteiger partial charge in [0.1, 0.15) is 11.5 Å². The summed E-state index contributed by atoms with van der Waals surface area (Å²) in [4.78, 5) is 26.5. The minimum absolute atomic E-state index is 0.0159. The number of furan rings is 1. The molecule has 1 N–H and O–H groups in total. The molecule has 4 rings (SSSR count). The number of carbonyl (C=O) groups is 2. The van der Waals surface area contributed by atoms with E-state index in [-0.39, 0.29) is 24.2 Å². The van der Waals surface area contributed by atoms with Crippen LogP contribution in [0.15, 0.2) is 63.7 Å². The van der Waals surface area contributed by atoms with Gasteiger partial charge in [0.15, 0.2) is 17.0 Å². The van der Waals surface area contributed by atoms with Crippen LogP contribution in [0.25, 0.3) is 0 Å². The molecule has 0 aliphatic carbocycles. The van der Waals surface area contributed by atoms with Crippen LogP contribution < -0.4 is 19.7 Å². The third-order valence-electron chi connectivity index (χ3n) is 4.77. The number of anilines is 2. The van der Waals surface area contributed by atoms with E-state index in [0.29, 0.717) is 41.4 Å². The van der Waals surface area contributed by atoms with Gasteiger partial charge in [0.05, 0.1) is 12.3 Å². The van der Waals surface area contributed by atoms with Gasteiger partial charge >= 0.3 is 0 Å². The van der Waals surface area contributed by atoms with Crippen LogP contribution in [0.1, 0.15) is 22.5 Å². The highest BCUT2D eigenvalue weighted by atomic mass is 79.9. The van der Waals surface area contributed by atoms with E-state index in [1.165, 1.54) is 5.56 Å². The molecule has 2 heterocycles. The fourth-order valence-electron chi connectivity index (χ4n) is 3.20. The summed E-state index contributed by atoms with van der Waals surface area (Å²) in [6.07, 6.45) is 0.649. The summed E-state index contributed by atoms with van der Waals surface area (Å²) in [5.41, 5.74) is 2.32. The Kier molecular flexibility index (Phi) is 6.27. The van der Waals surface area contributed by atoms with E-state index < -0.39 is 0 Å². The maximum atomic E-state index is 12.5. The van der Waals surface area contributed by atoms with E-state index in [1.807, 2.05) is 31.2 Å². The van der Waals surface area contributed by atoms with Gasteiger partial charge in [-0.3, -0.25) is 9.59 Å². The first kappa shape index (κ1) is 21.0. The summed E-state index contributed by atoms with van der Waals surface area (Å²) in [5.74, 6) is 1.06. The van der Waals surface area contributed by atoms with E-state index in [2.05, 4.69) is 21.2 Å². The van der Waals surface area contributed by atoms with Gasteiger partial charge in [-0.2, -0.15) is 0 Å². The molecular weight excluding hydrogens is 464 g/mol. The van der Waals surface area contributed by atoms with E-state index >= 15 is 0 Å². The normalized spacial score (nSPS) is 12.8. The molecular formula is C23H21BrN2O5. The lowest BCUT2D eigenvalue weighted by atomic mass is 10.2. The first-order valence-electron chi connectivity index (χ1n) is 9.83. The monoisotopic (exact) mass is 484 g/mol. The van der Waals surface area contributed by atoms with Crippen LogP contribution in [0.4, 0.5) is 11.4 Å². The quantitative estimate of drug-likeness (QED) is 0.487. The molecule has 3 aromatic rings. The van der Waals surface area contributed by atoms with Gasteiger partial charge < -0.3 is 24.1 Å². The van der Waals surface area contributed by atoms with Gasteiger partial charge in [-0.15, -0.1) is 0 Å². The smallest absolute Gasteiger partial charge is 0.291 e. The van der Waals surface area contributed by atoms with Gasteiger partial charge in [0.25, 0.3) is 11.8 Å². The molecule has 0 saturated carbocycles. The molecule has 2 aromatic carbocycles. The number of aryl methyl sites for hydroxylation is 1. The fraction of sp³-hybridized carbons (Fsp3) is 0.217. The van der Waals surface area contributed by atoms with Crippen molar-refractivity contribution in [1.29, 1.82) is 0 Å². The molecule has 0 saturated heterocycles. The Morgan fingerprint density at radius 1 is 1.16 bits per heavy atom. The second kappa shape index (κ2) is 9.26. The van der Waals surface area contributed by atoms with Crippen LogP contribution in [0.5, 0.6) is 11.5 Å². The number of benzene rings is 2. The molecule has 31 heavy (non-hydrogen) atoms. The van der Waals surface area contributed by atoms with Crippen molar-refractivity contribution >= 4 is 39.1 Å². The zero-order valence-corrected chi connectivity index (χ0v) is 18.5. The Morgan fingerprint density at radius 2 is 1.97 bits per heavy atom. The van der Waals surface area contributed by atoms with Crippen molar-refractivity contribution in [2.75, 3.05) is 30.0 Å². The summed E-state index contributed by atoms with van der Waals surface area (Å²) in [7, 11) is 0. The van der Waals surface area contributed by atoms with Gasteiger partial charge in [-0.05, 0) is 71.7 Å². The number of ether oxygens (including phenoxy) is 2. The van der Waals surface area contributed by atoms with E-state index in [9.17, 15) is 9.59 Å². The second-order valence-electron chi connectivity index (χ2n) is 7.09. The Hall–Kier alpha value is -3.26. The number of halogens is 1. The fourth-order valence-corrected chi connectivity index (χ4v) is 3.51. The van der Waals surface area contributed by atoms with Gasteiger partial charge in [0.2, 0.25) is 0 Å². The standard InChI is InChI=1S/C23H21BrN2O5/c1-15-3-6-17(7-4-15)29-12-2-11-26-18-13-16(5-8-19(18)30-14-22(26)27)25-23(28)20-9-10-21(24)31-20/h3-10,13H,2,11-12,14H2,1H3,(H,25,28). The number of carbonyl (C=O) groups excluding carboxylic acids is 2. The third kappa shape index (κ3) is 5.08. The Morgan fingerprint density at radius 3 is 2.71 bits per heavy atom. The van der Waals surface area contributed by atoms with E-state index in [1.54, 1.807) is 35.2 Å².